The van der Waals surface area contributed by atoms with Crippen LogP contribution in [0.3, 0.4) is 0 Å². The maximum Gasteiger partial charge on any atom is 0.240 e. The van der Waals surface area contributed by atoms with E-state index in [9.17, 15) is 4.79 Å². The van der Waals surface area contributed by atoms with Gasteiger partial charge in [-0.05, 0) is 24.1 Å². The van der Waals surface area contributed by atoms with Crippen LogP contribution >= 0.6 is 27.5 Å². The van der Waals surface area contributed by atoms with Crippen molar-refractivity contribution >= 4 is 44.5 Å². The van der Waals surface area contributed by atoms with E-state index in [1.165, 1.54) is 0 Å². The Bertz CT molecular complexity index is 624. The number of primary amides is 1. The number of hydrogen-bond donors (Lipinski definition) is 1. The molecule has 0 radical (unpaired) electrons. The molecule has 0 aliphatic heterocycles. The van der Waals surface area contributed by atoms with Gasteiger partial charge in [0.1, 0.15) is 11.9 Å². The fourth-order valence-corrected chi connectivity index (χ4v) is 2.82. The van der Waals surface area contributed by atoms with Crippen molar-refractivity contribution in [1.29, 1.82) is 0 Å². The number of halogens is 2. The van der Waals surface area contributed by atoms with Crippen LogP contribution in [0.25, 0.3) is 11.0 Å². The van der Waals surface area contributed by atoms with Gasteiger partial charge in [0.05, 0.1) is 16.9 Å². The number of benzene rings is 1. The third-order valence-electron chi connectivity index (χ3n) is 3.05. The molecular formula is C13H15BrClN3O. The molecule has 2 aromatic rings. The highest BCUT2D eigenvalue weighted by Gasteiger charge is 2.26. The van der Waals surface area contributed by atoms with E-state index in [4.69, 9.17) is 17.3 Å². The Labute approximate surface area is 125 Å². The van der Waals surface area contributed by atoms with E-state index in [-0.39, 0.29) is 17.7 Å². The van der Waals surface area contributed by atoms with Gasteiger partial charge in [-0.25, -0.2) is 4.98 Å². The predicted molar refractivity (Wildman–Crippen MR) is 80.1 cm³/mol. The molecule has 4 nitrogen and oxygen atoms in total. The van der Waals surface area contributed by atoms with E-state index in [1.54, 1.807) is 0 Å². The summed E-state index contributed by atoms with van der Waals surface area (Å²) in [7, 11) is 0. The first-order chi connectivity index (χ1) is 8.95. The zero-order chi connectivity index (χ0) is 14.2. The fraction of sp³-hybridized carbons (Fsp3) is 0.385. The lowest BCUT2D eigenvalue weighted by Gasteiger charge is -2.21. The highest BCUT2D eigenvalue weighted by atomic mass is 79.9. The monoisotopic (exact) mass is 343 g/mol. The standard InChI is InChI=1S/C13H15BrClN3O/c1-7(2)12(13(16)19)18-10-4-3-8(14)5-9(10)17-11(18)6-15/h3-5,7,12H,6H2,1-2H3,(H2,16,19). The van der Waals surface area contributed by atoms with Crippen molar-refractivity contribution in [2.24, 2.45) is 11.7 Å². The van der Waals surface area contributed by atoms with E-state index >= 15 is 0 Å². The van der Waals surface area contributed by atoms with Crippen LogP contribution in [-0.2, 0) is 10.7 Å². The highest BCUT2D eigenvalue weighted by molar-refractivity contribution is 9.10. The molecule has 1 amide bonds. The van der Waals surface area contributed by atoms with E-state index in [1.807, 2.05) is 36.6 Å². The molecule has 0 spiro atoms. The number of nitrogens with two attached hydrogens (primary N) is 1. The summed E-state index contributed by atoms with van der Waals surface area (Å²) in [5, 5.41) is 0. The maximum atomic E-state index is 11.7. The molecule has 102 valence electrons. The number of nitrogens with zero attached hydrogens (tertiary/aromatic N) is 2. The van der Waals surface area contributed by atoms with Gasteiger partial charge in [0, 0.05) is 4.47 Å². The average Bonchev–Trinajstić information content (AvgIpc) is 2.66. The lowest BCUT2D eigenvalue weighted by molar-refractivity contribution is -0.122. The van der Waals surface area contributed by atoms with E-state index in [0.717, 1.165) is 15.5 Å². The number of fused-ring (bicyclic) bond motifs is 1. The molecular weight excluding hydrogens is 330 g/mol. The Hall–Kier alpha value is -1.07. The third kappa shape index (κ3) is 2.62. The smallest absolute Gasteiger partial charge is 0.240 e. The molecule has 1 aromatic heterocycles. The second-order valence-electron chi connectivity index (χ2n) is 4.76. The summed E-state index contributed by atoms with van der Waals surface area (Å²) in [5.41, 5.74) is 7.21. The maximum absolute atomic E-state index is 11.7. The van der Waals surface area contributed by atoms with Crippen molar-refractivity contribution in [1.82, 2.24) is 9.55 Å². The molecule has 1 heterocycles. The molecule has 0 fully saturated rings. The molecule has 0 aliphatic carbocycles. The minimum atomic E-state index is -0.445. The van der Waals surface area contributed by atoms with Gasteiger partial charge in [0.15, 0.2) is 0 Å². The first-order valence-electron chi connectivity index (χ1n) is 5.97. The molecule has 19 heavy (non-hydrogen) atoms. The van der Waals surface area contributed by atoms with Gasteiger partial charge in [-0.2, -0.15) is 0 Å². The van der Waals surface area contributed by atoms with Crippen molar-refractivity contribution in [2.75, 3.05) is 0 Å². The second-order valence-corrected chi connectivity index (χ2v) is 5.94. The van der Waals surface area contributed by atoms with Crippen molar-refractivity contribution < 1.29 is 4.79 Å². The summed E-state index contributed by atoms with van der Waals surface area (Å²) in [6.07, 6.45) is 0. The lowest BCUT2D eigenvalue weighted by Crippen LogP contribution is -2.31. The number of hydrogen-bond acceptors (Lipinski definition) is 2. The Morgan fingerprint density at radius 2 is 2.21 bits per heavy atom. The molecule has 1 unspecified atom stereocenters. The van der Waals surface area contributed by atoms with Crippen LogP contribution < -0.4 is 5.73 Å². The summed E-state index contributed by atoms with van der Waals surface area (Å²) in [6.45, 7) is 3.91. The summed E-state index contributed by atoms with van der Waals surface area (Å²) in [4.78, 5) is 16.2. The summed E-state index contributed by atoms with van der Waals surface area (Å²) >= 11 is 9.36. The molecule has 0 saturated carbocycles. The van der Waals surface area contributed by atoms with Crippen molar-refractivity contribution in [2.45, 2.75) is 25.8 Å². The number of imidazole rings is 1. The molecule has 2 N–H and O–H groups in total. The predicted octanol–water partition coefficient (Wildman–Crippen LogP) is 3.22. The van der Waals surface area contributed by atoms with Gasteiger partial charge in [0.2, 0.25) is 5.91 Å². The lowest BCUT2D eigenvalue weighted by atomic mass is 10.0. The Balaban J connectivity index is 2.72. The van der Waals surface area contributed by atoms with Crippen LogP contribution in [0.1, 0.15) is 25.7 Å². The molecule has 1 atom stereocenters. The molecule has 1 aromatic carbocycles. The number of carbonyl (C=O) groups is 1. The first kappa shape index (κ1) is 14.3. The third-order valence-corrected chi connectivity index (χ3v) is 3.78. The SMILES string of the molecule is CC(C)C(C(N)=O)n1c(CCl)nc2cc(Br)ccc21. The number of amides is 1. The summed E-state index contributed by atoms with van der Waals surface area (Å²) in [6, 6.07) is 5.29. The molecule has 0 bridgehead atoms. The Kier molecular flexibility index (Phi) is 4.16. The van der Waals surface area contributed by atoms with E-state index in [0.29, 0.717) is 5.82 Å². The zero-order valence-electron chi connectivity index (χ0n) is 10.7. The number of rotatable bonds is 4. The second kappa shape index (κ2) is 5.51. The largest absolute Gasteiger partial charge is 0.368 e. The quantitative estimate of drug-likeness (QED) is 0.866. The van der Waals surface area contributed by atoms with Gasteiger partial charge in [-0.1, -0.05) is 29.8 Å². The minimum Gasteiger partial charge on any atom is -0.368 e. The minimum absolute atomic E-state index is 0.0699. The topological polar surface area (TPSA) is 60.9 Å². The van der Waals surface area contributed by atoms with Gasteiger partial charge in [0.25, 0.3) is 0 Å². The number of carbonyl (C=O) groups excluding carboxylic acids is 1. The van der Waals surface area contributed by atoms with Crippen molar-refractivity contribution in [3.8, 4) is 0 Å². The van der Waals surface area contributed by atoms with E-state index in [2.05, 4.69) is 20.9 Å². The molecule has 0 saturated heterocycles. The molecule has 2 rings (SSSR count). The van der Waals surface area contributed by atoms with Crippen molar-refractivity contribution in [3.05, 3.63) is 28.5 Å². The van der Waals surface area contributed by atoms with Gasteiger partial charge in [-0.3, -0.25) is 4.79 Å². The van der Waals surface area contributed by atoms with Crippen LogP contribution in [0.5, 0.6) is 0 Å². The Morgan fingerprint density at radius 1 is 1.53 bits per heavy atom. The average molecular weight is 345 g/mol. The fourth-order valence-electron chi connectivity index (χ4n) is 2.28. The molecule has 0 aliphatic rings. The Morgan fingerprint density at radius 3 is 2.74 bits per heavy atom. The van der Waals surface area contributed by atoms with Gasteiger partial charge in [-0.15, -0.1) is 11.6 Å². The van der Waals surface area contributed by atoms with Crippen LogP contribution in [0, 0.1) is 5.92 Å². The number of aromatic nitrogens is 2. The first-order valence-corrected chi connectivity index (χ1v) is 7.30. The van der Waals surface area contributed by atoms with Crippen molar-refractivity contribution in [3.63, 3.8) is 0 Å². The van der Waals surface area contributed by atoms with Crippen LogP contribution in [0.15, 0.2) is 22.7 Å². The van der Waals surface area contributed by atoms with Gasteiger partial charge < -0.3 is 10.3 Å². The van der Waals surface area contributed by atoms with E-state index < -0.39 is 6.04 Å². The summed E-state index contributed by atoms with van der Waals surface area (Å²) < 4.78 is 2.79. The van der Waals surface area contributed by atoms with Gasteiger partial charge >= 0.3 is 0 Å². The highest BCUT2D eigenvalue weighted by Crippen LogP contribution is 2.28. The van der Waals surface area contributed by atoms with Crippen LogP contribution in [-0.4, -0.2) is 15.5 Å². The van der Waals surface area contributed by atoms with Crippen LogP contribution in [0.2, 0.25) is 0 Å². The molecule has 6 heteroatoms. The van der Waals surface area contributed by atoms with Crippen LogP contribution in [0.4, 0.5) is 0 Å². The summed E-state index contributed by atoms with van der Waals surface area (Å²) in [5.74, 6) is 0.597. The zero-order valence-corrected chi connectivity index (χ0v) is 13.1. The number of alkyl halides is 1. The normalized spacial score (nSPS) is 13.1.